The smallest absolute Gasteiger partial charge is 0.252 e. The maximum absolute atomic E-state index is 13.5. The van der Waals surface area contributed by atoms with Crippen LogP contribution >= 0.6 is 15.9 Å². The van der Waals surface area contributed by atoms with Gasteiger partial charge >= 0.3 is 0 Å². The number of anilines is 1. The quantitative estimate of drug-likeness (QED) is 0.481. The summed E-state index contributed by atoms with van der Waals surface area (Å²) in [5, 5.41) is 0. The predicted molar refractivity (Wildman–Crippen MR) is 121 cm³/mol. The lowest BCUT2D eigenvalue weighted by molar-refractivity contribution is -0.122. The van der Waals surface area contributed by atoms with Crippen LogP contribution in [0.3, 0.4) is 0 Å². The Balaban J connectivity index is 1.74. The second kappa shape index (κ2) is 8.74. The van der Waals surface area contributed by atoms with Gasteiger partial charge in [-0.2, -0.15) is 4.31 Å². The highest BCUT2D eigenvalue weighted by Gasteiger charge is 2.46. The van der Waals surface area contributed by atoms with Crippen LogP contribution in [0.25, 0.3) is 0 Å². The van der Waals surface area contributed by atoms with Crippen molar-refractivity contribution in [2.75, 3.05) is 4.90 Å². The minimum absolute atomic E-state index is 0.0179. The maximum atomic E-state index is 13.5. The molecule has 0 radical (unpaired) electrons. The Hall–Kier alpha value is -2.81. The molecule has 6 nitrogen and oxygen atoms in total. The van der Waals surface area contributed by atoms with E-state index in [0.29, 0.717) is 5.69 Å². The molecular formula is C23H19BrN2O4S. The minimum atomic E-state index is -4.03. The molecule has 3 aromatic carbocycles. The van der Waals surface area contributed by atoms with E-state index in [1.54, 1.807) is 66.7 Å². The largest absolute Gasteiger partial charge is 0.274 e. The molecule has 0 aromatic heterocycles. The van der Waals surface area contributed by atoms with Crippen LogP contribution < -0.4 is 4.90 Å². The van der Waals surface area contributed by atoms with Crippen molar-refractivity contribution in [1.29, 1.82) is 0 Å². The van der Waals surface area contributed by atoms with Gasteiger partial charge in [0.15, 0.2) is 0 Å². The molecule has 158 valence electrons. The van der Waals surface area contributed by atoms with E-state index < -0.39 is 27.9 Å². The van der Waals surface area contributed by atoms with Gasteiger partial charge in [0.05, 0.1) is 17.0 Å². The van der Waals surface area contributed by atoms with E-state index in [4.69, 9.17) is 0 Å². The number of imide groups is 1. The van der Waals surface area contributed by atoms with Crippen molar-refractivity contribution < 1.29 is 18.0 Å². The molecule has 0 N–H and O–H groups in total. The van der Waals surface area contributed by atoms with E-state index in [1.807, 2.05) is 6.07 Å². The van der Waals surface area contributed by atoms with Crippen molar-refractivity contribution in [3.63, 3.8) is 0 Å². The van der Waals surface area contributed by atoms with Gasteiger partial charge in [-0.3, -0.25) is 9.59 Å². The fraction of sp³-hybridized carbons (Fsp3) is 0.130. The molecule has 4 rings (SSSR count). The SMILES string of the molecule is O=C1CC(N(Cc2ccccc2)S(=O)(=O)c2ccccc2)C(=O)N1c1ccc(Br)cc1. The number of carbonyl (C=O) groups is 2. The zero-order valence-electron chi connectivity index (χ0n) is 16.4. The number of hydrogen-bond donors (Lipinski definition) is 0. The summed E-state index contributed by atoms with van der Waals surface area (Å²) in [6.45, 7) is -0.0179. The van der Waals surface area contributed by atoms with Crippen LogP contribution in [0.1, 0.15) is 12.0 Å². The molecule has 1 heterocycles. The molecule has 0 bridgehead atoms. The average Bonchev–Trinajstić information content (AvgIpc) is 3.07. The Morgan fingerprint density at radius 3 is 2.06 bits per heavy atom. The molecule has 1 aliphatic heterocycles. The third-order valence-electron chi connectivity index (χ3n) is 5.09. The average molecular weight is 499 g/mol. The second-order valence-corrected chi connectivity index (χ2v) is 9.92. The number of amides is 2. The van der Waals surface area contributed by atoms with E-state index >= 15 is 0 Å². The van der Waals surface area contributed by atoms with Crippen molar-refractivity contribution >= 4 is 43.5 Å². The lowest BCUT2D eigenvalue weighted by Gasteiger charge is -2.27. The molecule has 2 amide bonds. The molecule has 0 saturated carbocycles. The lowest BCUT2D eigenvalue weighted by atomic mass is 10.2. The van der Waals surface area contributed by atoms with E-state index in [1.165, 1.54) is 12.1 Å². The fourth-order valence-corrected chi connectivity index (χ4v) is 5.41. The summed E-state index contributed by atoms with van der Waals surface area (Å²) >= 11 is 3.33. The molecule has 1 fully saturated rings. The van der Waals surface area contributed by atoms with E-state index in [2.05, 4.69) is 15.9 Å². The molecule has 1 unspecified atom stereocenters. The molecule has 0 spiro atoms. The van der Waals surface area contributed by atoms with Gasteiger partial charge in [-0.1, -0.05) is 64.5 Å². The molecule has 31 heavy (non-hydrogen) atoms. The maximum Gasteiger partial charge on any atom is 0.252 e. The van der Waals surface area contributed by atoms with Gasteiger partial charge in [-0.25, -0.2) is 13.3 Å². The summed E-state index contributed by atoms with van der Waals surface area (Å²) in [6, 6.07) is 22.6. The summed E-state index contributed by atoms with van der Waals surface area (Å²) in [7, 11) is -4.03. The van der Waals surface area contributed by atoms with Gasteiger partial charge in [-0.05, 0) is 42.0 Å². The van der Waals surface area contributed by atoms with Crippen molar-refractivity contribution in [2.45, 2.75) is 23.9 Å². The second-order valence-electron chi connectivity index (χ2n) is 7.11. The topological polar surface area (TPSA) is 74.8 Å². The van der Waals surface area contributed by atoms with Gasteiger partial charge in [-0.15, -0.1) is 0 Å². The number of rotatable bonds is 6. The van der Waals surface area contributed by atoms with Crippen LogP contribution in [0.5, 0.6) is 0 Å². The Morgan fingerprint density at radius 2 is 1.45 bits per heavy atom. The third kappa shape index (κ3) is 4.32. The van der Waals surface area contributed by atoms with Crippen molar-refractivity contribution in [3.05, 3.63) is 95.0 Å². The van der Waals surface area contributed by atoms with Crippen LogP contribution in [0.2, 0.25) is 0 Å². The minimum Gasteiger partial charge on any atom is -0.274 e. The summed E-state index contributed by atoms with van der Waals surface area (Å²) < 4.78 is 28.9. The van der Waals surface area contributed by atoms with Gasteiger partial charge in [0.1, 0.15) is 6.04 Å². The highest BCUT2D eigenvalue weighted by Crippen LogP contribution is 2.31. The van der Waals surface area contributed by atoms with Gasteiger partial charge in [0.25, 0.3) is 5.91 Å². The van der Waals surface area contributed by atoms with Gasteiger partial charge < -0.3 is 0 Å². The summed E-state index contributed by atoms with van der Waals surface area (Å²) in [5.74, 6) is -0.985. The number of sulfonamides is 1. The number of halogens is 1. The standard InChI is InChI=1S/C23H19BrN2O4S/c24-18-11-13-19(14-12-18)26-22(27)15-21(23(26)28)25(16-17-7-3-1-4-8-17)31(29,30)20-9-5-2-6-10-20/h1-14,21H,15-16H2. The number of nitrogens with zero attached hydrogens (tertiary/aromatic N) is 2. The van der Waals surface area contributed by atoms with Gasteiger partial charge in [0.2, 0.25) is 15.9 Å². The normalized spacial score (nSPS) is 16.8. The van der Waals surface area contributed by atoms with E-state index in [0.717, 1.165) is 19.2 Å². The summed E-state index contributed by atoms with van der Waals surface area (Å²) in [5.41, 5.74) is 1.14. The Labute approximate surface area is 189 Å². The first-order valence-electron chi connectivity index (χ1n) is 9.61. The Morgan fingerprint density at radius 1 is 0.871 bits per heavy atom. The summed E-state index contributed by atoms with van der Waals surface area (Å²) in [6.07, 6.45) is -0.214. The van der Waals surface area contributed by atoms with E-state index in [9.17, 15) is 18.0 Å². The number of benzene rings is 3. The first-order chi connectivity index (χ1) is 14.9. The first-order valence-corrected chi connectivity index (χ1v) is 11.8. The van der Waals surface area contributed by atoms with Crippen molar-refractivity contribution in [1.82, 2.24) is 4.31 Å². The molecule has 0 aliphatic carbocycles. The molecule has 8 heteroatoms. The molecule has 3 aromatic rings. The predicted octanol–water partition coefficient (Wildman–Crippen LogP) is 3.97. The van der Waals surface area contributed by atoms with Crippen LogP contribution in [0.15, 0.2) is 94.3 Å². The van der Waals surface area contributed by atoms with E-state index in [-0.39, 0.29) is 17.9 Å². The highest BCUT2D eigenvalue weighted by atomic mass is 79.9. The first kappa shape index (κ1) is 21.4. The Bertz CT molecular complexity index is 1200. The monoisotopic (exact) mass is 498 g/mol. The molecule has 1 atom stereocenters. The zero-order valence-corrected chi connectivity index (χ0v) is 18.8. The van der Waals surface area contributed by atoms with Crippen LogP contribution in [0.4, 0.5) is 5.69 Å². The van der Waals surface area contributed by atoms with Gasteiger partial charge in [0, 0.05) is 11.0 Å². The molecule has 1 aliphatic rings. The van der Waals surface area contributed by atoms with Crippen LogP contribution in [0, 0.1) is 0 Å². The third-order valence-corrected chi connectivity index (χ3v) is 7.48. The van der Waals surface area contributed by atoms with Crippen LogP contribution in [-0.2, 0) is 26.2 Å². The summed E-state index contributed by atoms with van der Waals surface area (Å²) in [4.78, 5) is 27.2. The zero-order chi connectivity index (χ0) is 22.0. The molecule has 1 saturated heterocycles. The Kier molecular flexibility index (Phi) is 6.04. The fourth-order valence-electron chi connectivity index (χ4n) is 3.56. The lowest BCUT2D eigenvalue weighted by Crippen LogP contribution is -2.45. The number of carbonyl (C=O) groups excluding carboxylic acids is 2. The number of hydrogen-bond acceptors (Lipinski definition) is 4. The van der Waals surface area contributed by atoms with Crippen molar-refractivity contribution in [2.24, 2.45) is 0 Å². The molecular weight excluding hydrogens is 480 g/mol. The van der Waals surface area contributed by atoms with Crippen molar-refractivity contribution in [3.8, 4) is 0 Å². The van der Waals surface area contributed by atoms with Crippen LogP contribution in [-0.4, -0.2) is 30.6 Å². The highest BCUT2D eigenvalue weighted by molar-refractivity contribution is 9.10.